The fourth-order valence-corrected chi connectivity index (χ4v) is 6.15. The van der Waals surface area contributed by atoms with Crippen LogP contribution in [0.3, 0.4) is 0 Å². The first-order valence-electron chi connectivity index (χ1n) is 13.6. The van der Waals surface area contributed by atoms with Crippen molar-refractivity contribution in [3.8, 4) is 0 Å². The van der Waals surface area contributed by atoms with Crippen LogP contribution in [0.25, 0.3) is 0 Å². The number of aliphatic hydroxyl groups excluding tert-OH is 2. The third-order valence-electron chi connectivity index (χ3n) is 8.03. The highest BCUT2D eigenvalue weighted by Gasteiger charge is 2.37. The van der Waals surface area contributed by atoms with E-state index in [9.17, 15) is 29.7 Å². The van der Waals surface area contributed by atoms with Crippen LogP contribution in [-0.4, -0.2) is 61.5 Å². The minimum atomic E-state index is -1.21. The molecule has 0 spiro atoms. The molecule has 0 aliphatic carbocycles. The molecule has 3 heterocycles. The Bertz CT molecular complexity index is 1590. The van der Waals surface area contributed by atoms with Crippen LogP contribution < -0.4 is 5.32 Å². The Balaban J connectivity index is 1.33. The lowest BCUT2D eigenvalue weighted by Gasteiger charge is -2.31. The van der Waals surface area contributed by atoms with Gasteiger partial charge in [-0.1, -0.05) is 42.4 Å². The normalized spacial score (nSPS) is 19.0. The van der Waals surface area contributed by atoms with Crippen LogP contribution in [0, 0.1) is 6.92 Å². The van der Waals surface area contributed by atoms with Gasteiger partial charge in [-0.25, -0.2) is 4.79 Å². The molecule has 218 valence electrons. The molecule has 1 unspecified atom stereocenters. The Morgan fingerprint density at radius 1 is 1.24 bits per heavy atom. The van der Waals surface area contributed by atoms with E-state index >= 15 is 0 Å². The van der Waals surface area contributed by atoms with Gasteiger partial charge in [0.25, 0.3) is 11.8 Å². The fourth-order valence-electron chi connectivity index (χ4n) is 5.79. The largest absolute Gasteiger partial charge is 0.510 e. The lowest BCUT2D eigenvalue weighted by atomic mass is 9.90. The van der Waals surface area contributed by atoms with E-state index in [0.29, 0.717) is 40.8 Å². The predicted octanol–water partition coefficient (Wildman–Crippen LogP) is 4.11. The zero-order valence-electron chi connectivity index (χ0n) is 23.3. The van der Waals surface area contributed by atoms with E-state index in [4.69, 9.17) is 11.6 Å². The smallest absolute Gasteiger partial charge is 0.326 e. The molecule has 0 bridgehead atoms. The number of amides is 2. The molecule has 3 atom stereocenters. The summed E-state index contributed by atoms with van der Waals surface area (Å²) in [6.45, 7) is 8.14. The Hall–Kier alpha value is -4.34. The van der Waals surface area contributed by atoms with E-state index in [0.717, 1.165) is 11.1 Å². The molecule has 0 fully saturated rings. The number of carbonyl (C=O) groups excluding carboxylic acids is 2. The molecule has 0 saturated heterocycles. The lowest BCUT2D eigenvalue weighted by molar-refractivity contribution is -0.139. The molecule has 2 aromatic rings. The second-order valence-corrected chi connectivity index (χ2v) is 11.2. The van der Waals surface area contributed by atoms with E-state index < -0.39 is 30.1 Å². The van der Waals surface area contributed by atoms with Gasteiger partial charge in [-0.05, 0) is 71.9 Å². The summed E-state index contributed by atoms with van der Waals surface area (Å²) in [5.41, 5.74) is 4.82. The predicted molar refractivity (Wildman–Crippen MR) is 158 cm³/mol. The van der Waals surface area contributed by atoms with Gasteiger partial charge in [0.1, 0.15) is 17.8 Å². The van der Waals surface area contributed by atoms with Crippen LogP contribution >= 0.6 is 11.6 Å². The molecule has 3 aliphatic heterocycles. The number of benzene rings is 2. The molecule has 2 aromatic carbocycles. The second-order valence-electron chi connectivity index (χ2n) is 10.8. The number of rotatable bonds is 7. The number of hydrogen-bond donors (Lipinski definition) is 4. The molecule has 0 radical (unpaired) electrons. The summed E-state index contributed by atoms with van der Waals surface area (Å²) in [6.07, 6.45) is 6.56. The van der Waals surface area contributed by atoms with E-state index in [1.807, 2.05) is 0 Å². The number of halogens is 1. The molecule has 0 aromatic heterocycles. The van der Waals surface area contributed by atoms with Crippen molar-refractivity contribution < 1.29 is 29.7 Å². The van der Waals surface area contributed by atoms with Crippen LogP contribution in [0.15, 0.2) is 78.4 Å². The maximum atomic E-state index is 13.5. The van der Waals surface area contributed by atoms with Gasteiger partial charge in [0.05, 0.1) is 22.3 Å². The highest BCUT2D eigenvalue weighted by Crippen LogP contribution is 2.36. The van der Waals surface area contributed by atoms with Crippen molar-refractivity contribution in [3.63, 3.8) is 0 Å². The zero-order chi connectivity index (χ0) is 30.3. The maximum absolute atomic E-state index is 13.5. The van der Waals surface area contributed by atoms with Gasteiger partial charge >= 0.3 is 5.97 Å². The third-order valence-corrected chi connectivity index (χ3v) is 8.33. The topological polar surface area (TPSA) is 130 Å². The number of nitrogens with zero attached hydrogens (tertiary/aromatic N) is 2. The molecule has 42 heavy (non-hydrogen) atoms. The van der Waals surface area contributed by atoms with E-state index in [1.165, 1.54) is 0 Å². The summed E-state index contributed by atoms with van der Waals surface area (Å²) in [5.74, 6) is -1.87. The Morgan fingerprint density at radius 2 is 2.00 bits per heavy atom. The second kappa shape index (κ2) is 11.5. The number of aliphatic hydroxyl groups is 2. The van der Waals surface area contributed by atoms with Crippen LogP contribution in [0.5, 0.6) is 0 Å². The minimum absolute atomic E-state index is 0.0309. The number of allylic oxidation sites excluding steroid dienone is 2. The highest BCUT2D eigenvalue weighted by molar-refractivity contribution is 6.34. The summed E-state index contributed by atoms with van der Waals surface area (Å²) in [6, 6.07) is 6.92. The first kappa shape index (κ1) is 29.2. The number of carboxylic acid groups (broad SMARTS) is 1. The van der Waals surface area contributed by atoms with Gasteiger partial charge in [-0.15, -0.1) is 0 Å². The molecule has 9 nitrogen and oxygen atoms in total. The van der Waals surface area contributed by atoms with Crippen molar-refractivity contribution in [2.24, 2.45) is 0 Å². The number of aliphatic carboxylic acids is 1. The Kier molecular flexibility index (Phi) is 7.99. The van der Waals surface area contributed by atoms with Crippen molar-refractivity contribution in [2.75, 3.05) is 6.54 Å². The summed E-state index contributed by atoms with van der Waals surface area (Å²) in [7, 11) is 0. The quantitative estimate of drug-likeness (QED) is 0.382. The molecule has 5 rings (SSSR count). The Morgan fingerprint density at radius 3 is 2.69 bits per heavy atom. The van der Waals surface area contributed by atoms with E-state index in [1.54, 1.807) is 78.5 Å². The first-order valence-corrected chi connectivity index (χ1v) is 14.0. The van der Waals surface area contributed by atoms with Crippen molar-refractivity contribution in [1.82, 2.24) is 15.1 Å². The van der Waals surface area contributed by atoms with Crippen LogP contribution in [-0.2, 0) is 29.0 Å². The molecule has 10 heteroatoms. The first-order chi connectivity index (χ1) is 20.0. The fraction of sp³-hybridized carbons (Fsp3) is 0.281. The van der Waals surface area contributed by atoms with Crippen molar-refractivity contribution in [2.45, 2.75) is 51.4 Å². The van der Waals surface area contributed by atoms with Crippen LogP contribution in [0.1, 0.15) is 51.2 Å². The van der Waals surface area contributed by atoms with Gasteiger partial charge in [-0.3, -0.25) is 9.59 Å². The van der Waals surface area contributed by atoms with E-state index in [-0.39, 0.29) is 35.2 Å². The Labute approximate surface area is 248 Å². The molecular formula is C32H32ClN3O6. The molecule has 2 amide bonds. The summed E-state index contributed by atoms with van der Waals surface area (Å²) < 4.78 is 0. The number of fused-ring (bicyclic) bond motifs is 2. The molecule has 0 saturated carbocycles. The average Bonchev–Trinajstić information content (AvgIpc) is 3.29. The van der Waals surface area contributed by atoms with Gasteiger partial charge in [-0.2, -0.15) is 0 Å². The minimum Gasteiger partial charge on any atom is -0.510 e. The average molecular weight is 590 g/mol. The number of carboxylic acids is 1. The summed E-state index contributed by atoms with van der Waals surface area (Å²) in [4.78, 5) is 42.4. The lowest BCUT2D eigenvalue weighted by Crippen LogP contribution is -2.43. The molecule has 4 N–H and O–H groups in total. The van der Waals surface area contributed by atoms with Gasteiger partial charge < -0.3 is 30.4 Å². The van der Waals surface area contributed by atoms with E-state index in [2.05, 4.69) is 11.9 Å². The van der Waals surface area contributed by atoms with Crippen LogP contribution in [0.4, 0.5) is 0 Å². The molecule has 3 aliphatic rings. The van der Waals surface area contributed by atoms with Crippen molar-refractivity contribution >= 4 is 29.4 Å². The van der Waals surface area contributed by atoms with Crippen molar-refractivity contribution in [3.05, 3.63) is 117 Å². The van der Waals surface area contributed by atoms with Gasteiger partial charge in [0.2, 0.25) is 0 Å². The number of hydrogen-bond acceptors (Lipinski definition) is 6. The third kappa shape index (κ3) is 5.45. The standard InChI is InChI=1S/C32H32ClN3O6/c1-17-23-9-11-36(31(40)24-16-35-10-5-8-27(38)29(35)18(24)2)15-22(23)14-25(33)28(17)30(39)34-26(32(41)42)13-20-6-4-7-21(12-20)19(3)37/h4-8,10,12,14,16,19,26,29,37-38H,2,9,11,13,15H2,1,3H3,(H,34,39)(H,41,42)/t19-,26-,29?/m0/s1. The number of carbonyl (C=O) groups is 3. The summed E-state index contributed by atoms with van der Waals surface area (Å²) >= 11 is 6.60. The highest BCUT2D eigenvalue weighted by atomic mass is 35.5. The monoisotopic (exact) mass is 589 g/mol. The van der Waals surface area contributed by atoms with Crippen LogP contribution in [0.2, 0.25) is 5.02 Å². The van der Waals surface area contributed by atoms with Gasteiger partial charge in [0, 0.05) is 31.9 Å². The SMILES string of the molecule is C=C1C(C(=O)N2CCc3c(cc(Cl)c(C(=O)N[C@@H](Cc4cccc([C@H](C)O)c4)C(=O)O)c3C)C2)=CN2C=CC=C(O)C12. The summed E-state index contributed by atoms with van der Waals surface area (Å²) in [5, 5.41) is 32.8. The maximum Gasteiger partial charge on any atom is 0.326 e. The molecular weight excluding hydrogens is 558 g/mol. The number of nitrogens with one attached hydrogen (secondary N) is 1. The zero-order valence-corrected chi connectivity index (χ0v) is 24.1. The van der Waals surface area contributed by atoms with Gasteiger partial charge in [0.15, 0.2) is 0 Å². The van der Waals surface area contributed by atoms with Crippen molar-refractivity contribution in [1.29, 1.82) is 0 Å².